The Bertz CT molecular complexity index is 760. The van der Waals surface area contributed by atoms with Crippen molar-refractivity contribution in [3.8, 4) is 11.5 Å². The van der Waals surface area contributed by atoms with Gasteiger partial charge in [-0.2, -0.15) is 0 Å². The molecule has 4 rings (SSSR count). The lowest BCUT2D eigenvalue weighted by atomic mass is 10.1. The van der Waals surface area contributed by atoms with Crippen molar-refractivity contribution >= 4 is 28.8 Å². The van der Waals surface area contributed by atoms with Crippen molar-refractivity contribution in [3.63, 3.8) is 0 Å². The maximum atomic E-state index is 12.6. The largest absolute Gasteiger partial charge is 0.454 e. The SMILES string of the molecule is O=C(NCC(c1cccs1)N1CCCC1)c1cc(Cl)c2c(c1)OCO2. The van der Waals surface area contributed by atoms with Crippen LogP contribution in [0.2, 0.25) is 5.02 Å². The number of nitrogens with one attached hydrogen (secondary N) is 1. The Kier molecular flexibility index (Phi) is 4.83. The van der Waals surface area contributed by atoms with Gasteiger partial charge in [0.15, 0.2) is 11.5 Å². The number of nitrogens with zero attached hydrogens (tertiary/aromatic N) is 1. The number of hydrogen-bond donors (Lipinski definition) is 1. The molecule has 1 unspecified atom stereocenters. The number of likely N-dealkylation sites (tertiary alicyclic amines) is 1. The molecule has 2 aliphatic rings. The first-order valence-corrected chi connectivity index (χ1v) is 9.63. The van der Waals surface area contributed by atoms with Gasteiger partial charge < -0.3 is 14.8 Å². The summed E-state index contributed by atoms with van der Waals surface area (Å²) in [6.07, 6.45) is 2.43. The Balaban J connectivity index is 1.47. The summed E-state index contributed by atoms with van der Waals surface area (Å²) < 4.78 is 10.6. The molecule has 2 aliphatic heterocycles. The van der Waals surface area contributed by atoms with E-state index in [1.165, 1.54) is 17.7 Å². The number of rotatable bonds is 5. The van der Waals surface area contributed by atoms with Crippen LogP contribution in [0.1, 0.15) is 34.1 Å². The molecule has 0 bridgehead atoms. The molecule has 132 valence electrons. The number of halogens is 1. The predicted octanol–water partition coefficient (Wildman–Crippen LogP) is 3.70. The Labute approximate surface area is 155 Å². The molecule has 0 saturated carbocycles. The van der Waals surface area contributed by atoms with Crippen LogP contribution in [0.5, 0.6) is 11.5 Å². The Morgan fingerprint density at radius 2 is 2.16 bits per heavy atom. The van der Waals surface area contributed by atoms with Gasteiger partial charge in [0, 0.05) is 17.0 Å². The van der Waals surface area contributed by atoms with Crippen LogP contribution in [-0.4, -0.2) is 37.2 Å². The molecular weight excluding hydrogens is 360 g/mol. The summed E-state index contributed by atoms with van der Waals surface area (Å²) in [5.41, 5.74) is 0.487. The van der Waals surface area contributed by atoms with Gasteiger partial charge in [-0.25, -0.2) is 0 Å². The molecule has 5 nitrogen and oxygen atoms in total. The molecule has 1 aromatic carbocycles. The fraction of sp³-hybridized carbons (Fsp3) is 0.389. The van der Waals surface area contributed by atoms with E-state index >= 15 is 0 Å². The topological polar surface area (TPSA) is 50.8 Å². The molecule has 3 heterocycles. The summed E-state index contributed by atoms with van der Waals surface area (Å²) in [5, 5.41) is 5.53. The monoisotopic (exact) mass is 378 g/mol. The maximum absolute atomic E-state index is 12.6. The van der Waals surface area contributed by atoms with Gasteiger partial charge in [0.1, 0.15) is 0 Å². The highest BCUT2D eigenvalue weighted by Crippen LogP contribution is 2.39. The third kappa shape index (κ3) is 3.47. The molecule has 1 atom stereocenters. The number of hydrogen-bond acceptors (Lipinski definition) is 5. The Hall–Kier alpha value is -1.76. The fourth-order valence-electron chi connectivity index (χ4n) is 3.33. The van der Waals surface area contributed by atoms with E-state index in [1.807, 2.05) is 0 Å². The highest BCUT2D eigenvalue weighted by Gasteiger charge is 2.26. The van der Waals surface area contributed by atoms with E-state index in [0.717, 1.165) is 13.1 Å². The Morgan fingerprint density at radius 1 is 1.32 bits per heavy atom. The van der Waals surface area contributed by atoms with Gasteiger partial charge in [-0.1, -0.05) is 17.7 Å². The van der Waals surface area contributed by atoms with Gasteiger partial charge in [-0.05, 0) is 49.5 Å². The smallest absolute Gasteiger partial charge is 0.251 e. The molecule has 1 N–H and O–H groups in total. The number of carbonyl (C=O) groups excluding carboxylic acids is 1. The second-order valence-corrected chi connectivity index (χ2v) is 7.56. The Morgan fingerprint density at radius 3 is 2.92 bits per heavy atom. The van der Waals surface area contributed by atoms with Crippen molar-refractivity contribution in [2.75, 3.05) is 26.4 Å². The standard InChI is InChI=1S/C18H19ClN2O3S/c19-13-8-12(9-15-17(13)24-11-23-15)18(22)20-10-14(16-4-3-7-25-16)21-5-1-2-6-21/h3-4,7-9,14H,1-2,5-6,10-11H2,(H,20,22). The van der Waals surface area contributed by atoms with E-state index in [9.17, 15) is 4.79 Å². The summed E-state index contributed by atoms with van der Waals surface area (Å²) in [7, 11) is 0. The minimum absolute atomic E-state index is 0.134. The normalized spacial score (nSPS) is 17.6. The third-order valence-corrected chi connectivity index (χ3v) is 5.85. The lowest BCUT2D eigenvalue weighted by Gasteiger charge is -2.27. The lowest BCUT2D eigenvalue weighted by Crippen LogP contribution is -2.36. The van der Waals surface area contributed by atoms with E-state index in [-0.39, 0.29) is 18.7 Å². The van der Waals surface area contributed by atoms with Crippen molar-refractivity contribution in [2.24, 2.45) is 0 Å². The molecule has 1 saturated heterocycles. The molecule has 1 aromatic heterocycles. The minimum Gasteiger partial charge on any atom is -0.454 e. The molecule has 2 aromatic rings. The minimum atomic E-state index is -0.152. The fourth-order valence-corrected chi connectivity index (χ4v) is 4.46. The summed E-state index contributed by atoms with van der Waals surface area (Å²) in [6, 6.07) is 7.72. The number of thiophene rings is 1. The average molecular weight is 379 g/mol. The zero-order chi connectivity index (χ0) is 17.2. The summed E-state index contributed by atoms with van der Waals surface area (Å²) in [5.74, 6) is 0.875. The van der Waals surface area contributed by atoms with Gasteiger partial charge in [-0.15, -0.1) is 11.3 Å². The average Bonchev–Trinajstić information content (AvgIpc) is 3.37. The maximum Gasteiger partial charge on any atom is 0.251 e. The van der Waals surface area contributed by atoms with Crippen LogP contribution in [0.25, 0.3) is 0 Å². The number of fused-ring (bicyclic) bond motifs is 1. The van der Waals surface area contributed by atoms with Crippen molar-refractivity contribution in [3.05, 3.63) is 45.1 Å². The first kappa shape index (κ1) is 16.7. The van der Waals surface area contributed by atoms with Gasteiger partial charge in [0.2, 0.25) is 6.79 Å². The first-order valence-electron chi connectivity index (χ1n) is 8.37. The molecular formula is C18H19ClN2O3S. The van der Waals surface area contributed by atoms with Crippen LogP contribution in [-0.2, 0) is 0 Å². The molecule has 25 heavy (non-hydrogen) atoms. The van der Waals surface area contributed by atoms with E-state index in [2.05, 4.69) is 27.7 Å². The van der Waals surface area contributed by atoms with Crippen LogP contribution in [0.4, 0.5) is 0 Å². The van der Waals surface area contributed by atoms with E-state index in [1.54, 1.807) is 23.5 Å². The second kappa shape index (κ2) is 7.23. The van der Waals surface area contributed by atoms with Crippen LogP contribution >= 0.6 is 22.9 Å². The van der Waals surface area contributed by atoms with Crippen LogP contribution in [0, 0.1) is 0 Å². The molecule has 1 fully saturated rings. The van der Waals surface area contributed by atoms with Crippen LogP contribution < -0.4 is 14.8 Å². The van der Waals surface area contributed by atoms with E-state index in [0.29, 0.717) is 28.6 Å². The highest BCUT2D eigenvalue weighted by atomic mass is 35.5. The first-order chi connectivity index (χ1) is 12.2. The van der Waals surface area contributed by atoms with Crippen LogP contribution in [0.15, 0.2) is 29.6 Å². The lowest BCUT2D eigenvalue weighted by molar-refractivity contribution is 0.0938. The molecule has 0 aliphatic carbocycles. The van der Waals surface area contributed by atoms with Gasteiger partial charge >= 0.3 is 0 Å². The number of benzene rings is 1. The molecule has 1 amide bonds. The zero-order valence-electron chi connectivity index (χ0n) is 13.7. The third-order valence-electron chi connectivity index (χ3n) is 4.60. The van der Waals surface area contributed by atoms with Crippen molar-refractivity contribution in [1.29, 1.82) is 0 Å². The van der Waals surface area contributed by atoms with E-state index < -0.39 is 0 Å². The van der Waals surface area contributed by atoms with Gasteiger partial charge in [-0.3, -0.25) is 9.69 Å². The van der Waals surface area contributed by atoms with Crippen molar-refractivity contribution in [1.82, 2.24) is 10.2 Å². The van der Waals surface area contributed by atoms with Crippen LogP contribution in [0.3, 0.4) is 0 Å². The summed E-state index contributed by atoms with van der Waals surface area (Å²) >= 11 is 7.91. The number of amides is 1. The molecule has 0 spiro atoms. The summed E-state index contributed by atoms with van der Waals surface area (Å²) in [6.45, 7) is 2.86. The summed E-state index contributed by atoms with van der Waals surface area (Å²) in [4.78, 5) is 16.3. The zero-order valence-corrected chi connectivity index (χ0v) is 15.2. The highest BCUT2D eigenvalue weighted by molar-refractivity contribution is 7.10. The van der Waals surface area contributed by atoms with Gasteiger partial charge in [0.05, 0.1) is 11.1 Å². The molecule has 7 heteroatoms. The molecule has 0 radical (unpaired) electrons. The second-order valence-electron chi connectivity index (χ2n) is 6.18. The van der Waals surface area contributed by atoms with E-state index in [4.69, 9.17) is 21.1 Å². The van der Waals surface area contributed by atoms with Crippen molar-refractivity contribution < 1.29 is 14.3 Å². The number of carbonyl (C=O) groups is 1. The van der Waals surface area contributed by atoms with Gasteiger partial charge in [0.25, 0.3) is 5.91 Å². The van der Waals surface area contributed by atoms with Crippen molar-refractivity contribution in [2.45, 2.75) is 18.9 Å². The number of ether oxygens (including phenoxy) is 2. The predicted molar refractivity (Wildman–Crippen MR) is 97.8 cm³/mol. The quantitative estimate of drug-likeness (QED) is 0.861.